The summed E-state index contributed by atoms with van der Waals surface area (Å²) in [5.41, 5.74) is 1.78. The second kappa shape index (κ2) is 6.60. The highest BCUT2D eigenvalue weighted by molar-refractivity contribution is 5.91. The minimum atomic E-state index is -0.224. The number of ether oxygens (including phenoxy) is 1. The number of allylic oxidation sites excluding steroid dienone is 1. The Labute approximate surface area is 129 Å². The zero-order chi connectivity index (χ0) is 15.4. The Kier molecular flexibility index (Phi) is 4.37. The van der Waals surface area contributed by atoms with Gasteiger partial charge in [-0.15, -0.1) is 0 Å². The Balaban J connectivity index is 1.84. The van der Waals surface area contributed by atoms with Gasteiger partial charge >= 0.3 is 5.97 Å². The average Bonchev–Trinajstić information content (AvgIpc) is 2.98. The standard InChI is InChI=1S/C16H20N4O2/c1-22-14(21)8-7-12-15-13(20-19-12)9-10-17-16(15)18-11-5-3-2-4-6-11/h2-3,9-11H,4-8H2,1H3,(H,17,18)(H,19,20). The number of nitrogens with one attached hydrogen (secondary N) is 2. The van der Waals surface area contributed by atoms with E-state index in [0.717, 1.165) is 41.7 Å². The van der Waals surface area contributed by atoms with Crippen LogP contribution in [0.2, 0.25) is 0 Å². The van der Waals surface area contributed by atoms with Crippen LogP contribution < -0.4 is 5.32 Å². The van der Waals surface area contributed by atoms with E-state index in [-0.39, 0.29) is 5.97 Å². The third-order valence-electron chi connectivity index (χ3n) is 3.96. The van der Waals surface area contributed by atoms with Gasteiger partial charge in [-0.2, -0.15) is 5.10 Å². The maximum absolute atomic E-state index is 11.3. The fraction of sp³-hybridized carbons (Fsp3) is 0.438. The first-order valence-corrected chi connectivity index (χ1v) is 7.58. The van der Waals surface area contributed by atoms with E-state index in [1.54, 1.807) is 6.20 Å². The van der Waals surface area contributed by atoms with Gasteiger partial charge < -0.3 is 10.1 Å². The predicted molar refractivity (Wildman–Crippen MR) is 84.6 cm³/mol. The minimum Gasteiger partial charge on any atom is -0.469 e. The van der Waals surface area contributed by atoms with Gasteiger partial charge in [0.05, 0.1) is 24.4 Å². The molecule has 2 N–H and O–H groups in total. The smallest absolute Gasteiger partial charge is 0.305 e. The van der Waals surface area contributed by atoms with Crippen molar-refractivity contribution in [1.29, 1.82) is 0 Å². The lowest BCUT2D eigenvalue weighted by Crippen LogP contribution is -2.21. The van der Waals surface area contributed by atoms with Crippen LogP contribution in [0.5, 0.6) is 0 Å². The fourth-order valence-electron chi connectivity index (χ4n) is 2.76. The molecule has 0 aromatic carbocycles. The molecule has 2 aromatic heterocycles. The normalized spacial score (nSPS) is 17.6. The third-order valence-corrected chi connectivity index (χ3v) is 3.96. The van der Waals surface area contributed by atoms with Gasteiger partial charge in [-0.1, -0.05) is 12.2 Å². The lowest BCUT2D eigenvalue weighted by Gasteiger charge is -2.20. The Hall–Kier alpha value is -2.37. The molecule has 0 spiro atoms. The van der Waals surface area contributed by atoms with Gasteiger partial charge in [0.2, 0.25) is 0 Å². The lowest BCUT2D eigenvalue weighted by molar-refractivity contribution is -0.140. The van der Waals surface area contributed by atoms with Gasteiger partial charge in [0.25, 0.3) is 0 Å². The van der Waals surface area contributed by atoms with E-state index in [2.05, 4.69) is 32.7 Å². The number of esters is 1. The van der Waals surface area contributed by atoms with Crippen LogP contribution in [-0.4, -0.2) is 34.3 Å². The number of hydrogen-bond acceptors (Lipinski definition) is 5. The van der Waals surface area contributed by atoms with E-state index in [9.17, 15) is 4.79 Å². The monoisotopic (exact) mass is 300 g/mol. The summed E-state index contributed by atoms with van der Waals surface area (Å²) >= 11 is 0. The molecule has 116 valence electrons. The van der Waals surface area contributed by atoms with Gasteiger partial charge in [-0.3, -0.25) is 9.89 Å². The first kappa shape index (κ1) is 14.6. The van der Waals surface area contributed by atoms with Crippen molar-refractivity contribution in [2.75, 3.05) is 12.4 Å². The predicted octanol–water partition coefficient (Wildman–Crippen LogP) is 2.58. The van der Waals surface area contributed by atoms with Gasteiger partial charge in [0, 0.05) is 24.4 Å². The van der Waals surface area contributed by atoms with Gasteiger partial charge in [0.15, 0.2) is 0 Å². The van der Waals surface area contributed by atoms with Crippen LogP contribution >= 0.6 is 0 Å². The number of aryl methyl sites for hydroxylation is 1. The number of carbonyl (C=O) groups is 1. The molecule has 0 amide bonds. The van der Waals surface area contributed by atoms with Crippen LogP contribution in [0.1, 0.15) is 31.4 Å². The van der Waals surface area contributed by atoms with E-state index < -0.39 is 0 Å². The number of methoxy groups -OCH3 is 1. The quantitative estimate of drug-likeness (QED) is 0.655. The van der Waals surface area contributed by atoms with Gasteiger partial charge in [-0.05, 0) is 25.3 Å². The number of hydrogen-bond donors (Lipinski definition) is 2. The van der Waals surface area contributed by atoms with Crippen molar-refractivity contribution < 1.29 is 9.53 Å². The highest BCUT2D eigenvalue weighted by atomic mass is 16.5. The molecule has 6 heteroatoms. The van der Waals surface area contributed by atoms with E-state index in [0.29, 0.717) is 18.9 Å². The number of aromatic amines is 1. The van der Waals surface area contributed by atoms with Crippen LogP contribution in [0, 0.1) is 0 Å². The zero-order valence-corrected chi connectivity index (χ0v) is 12.6. The van der Waals surface area contributed by atoms with Crippen molar-refractivity contribution in [1.82, 2.24) is 15.2 Å². The summed E-state index contributed by atoms with van der Waals surface area (Å²) < 4.78 is 4.70. The first-order chi connectivity index (χ1) is 10.8. The topological polar surface area (TPSA) is 79.9 Å². The molecule has 0 saturated carbocycles. The molecule has 1 aliphatic rings. The number of rotatable bonds is 5. The molecule has 22 heavy (non-hydrogen) atoms. The van der Waals surface area contributed by atoms with Crippen molar-refractivity contribution in [2.45, 2.75) is 38.1 Å². The summed E-state index contributed by atoms with van der Waals surface area (Å²) in [7, 11) is 1.40. The largest absolute Gasteiger partial charge is 0.469 e. The molecule has 1 unspecified atom stereocenters. The first-order valence-electron chi connectivity index (χ1n) is 7.58. The number of fused-ring (bicyclic) bond motifs is 1. The Bertz CT molecular complexity index is 693. The highest BCUT2D eigenvalue weighted by Gasteiger charge is 2.16. The van der Waals surface area contributed by atoms with E-state index in [1.807, 2.05) is 6.07 Å². The molecule has 3 rings (SSSR count). The summed E-state index contributed by atoms with van der Waals surface area (Å²) in [6.07, 6.45) is 10.3. The van der Waals surface area contributed by atoms with Crippen molar-refractivity contribution in [3.63, 3.8) is 0 Å². The van der Waals surface area contributed by atoms with Crippen molar-refractivity contribution >= 4 is 22.7 Å². The summed E-state index contributed by atoms with van der Waals surface area (Å²) in [5.74, 6) is 0.616. The van der Waals surface area contributed by atoms with E-state index in [4.69, 9.17) is 4.74 Å². The van der Waals surface area contributed by atoms with E-state index >= 15 is 0 Å². The van der Waals surface area contributed by atoms with E-state index in [1.165, 1.54) is 7.11 Å². The second-order valence-electron chi connectivity index (χ2n) is 5.46. The molecular formula is C16H20N4O2. The third kappa shape index (κ3) is 3.10. The molecule has 2 heterocycles. The SMILES string of the molecule is COC(=O)CCc1[nH]nc2ccnc(NC3CC=CCC3)c12. The number of pyridine rings is 1. The van der Waals surface area contributed by atoms with Crippen LogP contribution in [-0.2, 0) is 16.0 Å². The number of aromatic nitrogens is 3. The van der Waals surface area contributed by atoms with Crippen molar-refractivity contribution in [2.24, 2.45) is 0 Å². The van der Waals surface area contributed by atoms with Gasteiger partial charge in [0.1, 0.15) is 5.82 Å². The summed E-state index contributed by atoms with van der Waals surface area (Å²) in [6.45, 7) is 0. The van der Waals surface area contributed by atoms with Crippen LogP contribution in [0.15, 0.2) is 24.4 Å². The maximum Gasteiger partial charge on any atom is 0.305 e. The maximum atomic E-state index is 11.3. The number of H-pyrrole nitrogens is 1. The fourth-order valence-corrected chi connectivity index (χ4v) is 2.76. The molecule has 1 aliphatic carbocycles. The molecular weight excluding hydrogens is 280 g/mol. The lowest BCUT2D eigenvalue weighted by atomic mass is 10.0. The Morgan fingerprint density at radius 3 is 3.18 bits per heavy atom. The molecule has 0 radical (unpaired) electrons. The number of carbonyl (C=O) groups excluding carboxylic acids is 1. The molecule has 0 saturated heterocycles. The average molecular weight is 300 g/mol. The van der Waals surface area contributed by atoms with Crippen LogP contribution in [0.4, 0.5) is 5.82 Å². The Morgan fingerprint density at radius 2 is 2.41 bits per heavy atom. The highest BCUT2D eigenvalue weighted by Crippen LogP contribution is 2.26. The molecule has 1 atom stereocenters. The zero-order valence-electron chi connectivity index (χ0n) is 12.6. The van der Waals surface area contributed by atoms with Crippen molar-refractivity contribution in [3.05, 3.63) is 30.1 Å². The minimum absolute atomic E-state index is 0.224. The number of anilines is 1. The molecule has 0 fully saturated rings. The summed E-state index contributed by atoms with van der Waals surface area (Å²) in [5, 5.41) is 11.8. The van der Waals surface area contributed by atoms with Crippen LogP contribution in [0.25, 0.3) is 10.9 Å². The van der Waals surface area contributed by atoms with Gasteiger partial charge in [-0.25, -0.2) is 4.98 Å². The summed E-state index contributed by atoms with van der Waals surface area (Å²) in [6, 6.07) is 2.27. The molecule has 6 nitrogen and oxygen atoms in total. The molecule has 2 aromatic rings. The second-order valence-corrected chi connectivity index (χ2v) is 5.46. The number of nitrogens with zero attached hydrogens (tertiary/aromatic N) is 2. The Morgan fingerprint density at radius 1 is 1.50 bits per heavy atom. The van der Waals surface area contributed by atoms with Crippen molar-refractivity contribution in [3.8, 4) is 0 Å². The molecule has 0 aliphatic heterocycles. The summed E-state index contributed by atoms with van der Waals surface area (Å²) in [4.78, 5) is 15.8. The van der Waals surface area contributed by atoms with Crippen LogP contribution in [0.3, 0.4) is 0 Å². The molecule has 0 bridgehead atoms.